The Labute approximate surface area is 169 Å². The first-order valence-electron chi connectivity index (χ1n) is 9.82. The van der Waals surface area contributed by atoms with Crippen LogP contribution in [0.2, 0.25) is 0 Å². The highest BCUT2D eigenvalue weighted by molar-refractivity contribution is 5.77. The fraction of sp³-hybridized carbons (Fsp3) is 0.364. The summed E-state index contributed by atoms with van der Waals surface area (Å²) in [5.74, 6) is 6.77. The summed E-state index contributed by atoms with van der Waals surface area (Å²) in [5.41, 5.74) is 2.18. The molecular formula is C22H22N6O. The number of piperidine rings is 1. The largest absolute Gasteiger partial charge is 0.342 e. The van der Waals surface area contributed by atoms with Crippen LogP contribution in [0, 0.1) is 23.2 Å². The second-order valence-corrected chi connectivity index (χ2v) is 7.08. The van der Waals surface area contributed by atoms with E-state index in [9.17, 15) is 10.1 Å². The molecule has 146 valence electrons. The molecule has 0 bridgehead atoms. The Bertz CT molecular complexity index is 1200. The molecule has 0 N–H and O–H groups in total. The lowest BCUT2D eigenvalue weighted by Gasteiger charge is -2.27. The minimum atomic E-state index is -0.219. The highest BCUT2D eigenvalue weighted by Crippen LogP contribution is 2.23. The fourth-order valence-corrected chi connectivity index (χ4v) is 3.76. The lowest BCUT2D eigenvalue weighted by atomic mass is 10.1. The summed E-state index contributed by atoms with van der Waals surface area (Å²) in [7, 11) is 0. The summed E-state index contributed by atoms with van der Waals surface area (Å²) >= 11 is 0. The monoisotopic (exact) mass is 386 g/mol. The van der Waals surface area contributed by atoms with Crippen molar-refractivity contribution in [3.8, 4) is 17.9 Å². The minimum absolute atomic E-state index is 0.219. The highest BCUT2D eigenvalue weighted by Gasteiger charge is 2.21. The molecule has 7 heteroatoms. The van der Waals surface area contributed by atoms with Crippen molar-refractivity contribution in [2.45, 2.75) is 39.3 Å². The van der Waals surface area contributed by atoms with Crippen LogP contribution >= 0.6 is 0 Å². The molecule has 1 aliphatic rings. The zero-order chi connectivity index (χ0) is 20.2. The Kier molecular flexibility index (Phi) is 5.31. The van der Waals surface area contributed by atoms with Crippen molar-refractivity contribution in [1.82, 2.24) is 19.3 Å². The third kappa shape index (κ3) is 3.60. The smallest absolute Gasteiger partial charge is 0.293 e. The molecule has 0 unspecified atom stereocenters. The number of nitriles is 1. The Morgan fingerprint density at radius 2 is 1.97 bits per heavy atom. The van der Waals surface area contributed by atoms with Crippen LogP contribution in [0.4, 0.5) is 5.95 Å². The molecule has 1 fully saturated rings. The van der Waals surface area contributed by atoms with Gasteiger partial charge in [0.25, 0.3) is 5.56 Å². The topological polar surface area (TPSA) is 79.7 Å². The van der Waals surface area contributed by atoms with Gasteiger partial charge in [0.05, 0.1) is 30.9 Å². The lowest BCUT2D eigenvalue weighted by Crippen LogP contribution is -2.32. The van der Waals surface area contributed by atoms with E-state index in [0.29, 0.717) is 23.1 Å². The molecule has 0 aliphatic carbocycles. The Morgan fingerprint density at radius 1 is 1.17 bits per heavy atom. The molecule has 0 atom stereocenters. The van der Waals surface area contributed by atoms with E-state index in [1.807, 2.05) is 22.8 Å². The third-order valence-corrected chi connectivity index (χ3v) is 5.24. The molecule has 0 amide bonds. The van der Waals surface area contributed by atoms with Crippen LogP contribution in [0.25, 0.3) is 11.0 Å². The van der Waals surface area contributed by atoms with Gasteiger partial charge in [-0.3, -0.25) is 9.36 Å². The van der Waals surface area contributed by atoms with E-state index in [1.165, 1.54) is 11.1 Å². The molecule has 7 nitrogen and oxygen atoms in total. The van der Waals surface area contributed by atoms with Crippen LogP contribution in [-0.4, -0.2) is 32.4 Å². The predicted octanol–water partition coefficient (Wildman–Crippen LogP) is 2.53. The minimum Gasteiger partial charge on any atom is -0.342 e. The number of hydrogen-bond acceptors (Lipinski definition) is 5. The summed E-state index contributed by atoms with van der Waals surface area (Å²) in [6.45, 7) is 4.30. The van der Waals surface area contributed by atoms with Crippen molar-refractivity contribution in [3.63, 3.8) is 0 Å². The number of anilines is 1. The molecule has 29 heavy (non-hydrogen) atoms. The van der Waals surface area contributed by atoms with E-state index in [1.54, 1.807) is 19.2 Å². The van der Waals surface area contributed by atoms with Gasteiger partial charge in [-0.15, -0.1) is 5.92 Å². The van der Waals surface area contributed by atoms with Crippen molar-refractivity contribution in [3.05, 3.63) is 51.9 Å². The second-order valence-electron chi connectivity index (χ2n) is 7.08. The van der Waals surface area contributed by atoms with Gasteiger partial charge in [-0.25, -0.2) is 9.67 Å². The third-order valence-electron chi connectivity index (χ3n) is 5.24. The highest BCUT2D eigenvalue weighted by atomic mass is 16.1. The van der Waals surface area contributed by atoms with Crippen LogP contribution in [0.1, 0.15) is 37.3 Å². The number of benzene rings is 1. The number of rotatable bonds is 4. The molecule has 2 aromatic heterocycles. The number of nitrogens with zero attached hydrogens (tertiary/aromatic N) is 6. The van der Waals surface area contributed by atoms with Crippen molar-refractivity contribution < 1.29 is 0 Å². The zero-order valence-corrected chi connectivity index (χ0v) is 16.4. The van der Waals surface area contributed by atoms with Gasteiger partial charge in [0.15, 0.2) is 0 Å². The summed E-state index contributed by atoms with van der Waals surface area (Å²) in [5, 5.41) is 13.7. The first-order valence-corrected chi connectivity index (χ1v) is 9.82. The van der Waals surface area contributed by atoms with Crippen LogP contribution in [0.5, 0.6) is 0 Å². The average Bonchev–Trinajstić information content (AvgIpc) is 3.14. The maximum Gasteiger partial charge on any atom is 0.293 e. The van der Waals surface area contributed by atoms with Crippen LogP contribution in [0.15, 0.2) is 35.3 Å². The Balaban J connectivity index is 1.82. The molecule has 1 saturated heterocycles. The van der Waals surface area contributed by atoms with Gasteiger partial charge in [-0.05, 0) is 37.8 Å². The molecule has 3 heterocycles. The summed E-state index contributed by atoms with van der Waals surface area (Å²) in [4.78, 5) is 20.3. The molecule has 0 spiro atoms. The lowest BCUT2D eigenvalue weighted by molar-refractivity contribution is 0.561. The maximum atomic E-state index is 13.3. The van der Waals surface area contributed by atoms with E-state index < -0.39 is 0 Å². The summed E-state index contributed by atoms with van der Waals surface area (Å²) < 4.78 is 3.31. The first-order chi connectivity index (χ1) is 14.2. The van der Waals surface area contributed by atoms with Gasteiger partial charge >= 0.3 is 0 Å². The van der Waals surface area contributed by atoms with Crippen molar-refractivity contribution in [2.75, 3.05) is 18.0 Å². The fourth-order valence-electron chi connectivity index (χ4n) is 3.76. The molecule has 4 rings (SSSR count). The summed E-state index contributed by atoms with van der Waals surface area (Å²) in [6, 6.07) is 9.43. The van der Waals surface area contributed by atoms with E-state index in [-0.39, 0.29) is 12.1 Å². The number of fused-ring (bicyclic) bond motifs is 1. The molecule has 1 aromatic carbocycles. The van der Waals surface area contributed by atoms with Gasteiger partial charge in [0.2, 0.25) is 5.95 Å². The summed E-state index contributed by atoms with van der Waals surface area (Å²) in [6.07, 6.45) is 5.10. The molecule has 0 saturated carbocycles. The average molecular weight is 386 g/mol. The van der Waals surface area contributed by atoms with Gasteiger partial charge in [0.1, 0.15) is 11.0 Å². The van der Waals surface area contributed by atoms with E-state index in [2.05, 4.69) is 27.9 Å². The SMILES string of the molecule is CC#CCn1c(N2CCCCC2)nc2cnn(Cc3ccccc3C#N)c(=O)c21. The van der Waals surface area contributed by atoms with Crippen LogP contribution in [-0.2, 0) is 13.1 Å². The van der Waals surface area contributed by atoms with Crippen molar-refractivity contribution in [2.24, 2.45) is 0 Å². The van der Waals surface area contributed by atoms with Gasteiger partial charge < -0.3 is 4.90 Å². The maximum absolute atomic E-state index is 13.3. The zero-order valence-electron chi connectivity index (χ0n) is 16.4. The molecule has 1 aliphatic heterocycles. The molecular weight excluding hydrogens is 364 g/mol. The van der Waals surface area contributed by atoms with Gasteiger partial charge in [-0.2, -0.15) is 10.4 Å². The number of aromatic nitrogens is 4. The number of hydrogen-bond donors (Lipinski definition) is 0. The molecule has 0 radical (unpaired) electrons. The van der Waals surface area contributed by atoms with E-state index in [4.69, 9.17) is 4.98 Å². The quantitative estimate of drug-likeness (QED) is 0.644. The van der Waals surface area contributed by atoms with E-state index >= 15 is 0 Å². The van der Waals surface area contributed by atoms with Gasteiger partial charge in [0, 0.05) is 13.1 Å². The van der Waals surface area contributed by atoms with E-state index in [0.717, 1.165) is 37.4 Å². The first kappa shape index (κ1) is 18.8. The van der Waals surface area contributed by atoms with Crippen molar-refractivity contribution >= 4 is 17.0 Å². The second kappa shape index (κ2) is 8.20. The normalized spacial score (nSPS) is 13.7. The van der Waals surface area contributed by atoms with Crippen LogP contribution in [0.3, 0.4) is 0 Å². The Morgan fingerprint density at radius 3 is 2.72 bits per heavy atom. The van der Waals surface area contributed by atoms with Crippen LogP contribution < -0.4 is 10.5 Å². The van der Waals surface area contributed by atoms with Crippen molar-refractivity contribution in [1.29, 1.82) is 5.26 Å². The van der Waals surface area contributed by atoms with Gasteiger partial charge in [-0.1, -0.05) is 24.1 Å². The molecule has 3 aromatic rings. The standard InChI is InChI=1S/C22H22N6O/c1-2-3-13-27-20-19(25-22(27)26-11-7-4-8-12-26)15-24-28(21(20)29)16-18-10-6-5-9-17(18)14-23/h5-6,9-10,15H,4,7-8,11-13,16H2,1H3. The predicted molar refractivity (Wildman–Crippen MR) is 112 cm³/mol. The Hall–Kier alpha value is -3.58. The number of imidazole rings is 1.